The van der Waals surface area contributed by atoms with E-state index in [1.807, 2.05) is 34.9 Å². The summed E-state index contributed by atoms with van der Waals surface area (Å²) < 4.78 is 1.84. The summed E-state index contributed by atoms with van der Waals surface area (Å²) in [5, 5.41) is 4.34. The molecule has 1 amide bonds. The molecule has 0 bridgehead atoms. The van der Waals surface area contributed by atoms with Crippen LogP contribution in [0.1, 0.15) is 18.4 Å². The first-order chi connectivity index (χ1) is 13.3. The molecule has 0 aliphatic carbocycles. The fraction of sp³-hybridized carbons (Fsp3) is 0.286. The number of fused-ring (bicyclic) bond motifs is 1. The smallest absolute Gasteiger partial charge is 0.260 e. The van der Waals surface area contributed by atoms with Crippen molar-refractivity contribution in [3.05, 3.63) is 66.5 Å². The van der Waals surface area contributed by atoms with E-state index in [0.717, 1.165) is 49.2 Å². The van der Waals surface area contributed by atoms with E-state index < -0.39 is 0 Å². The molecule has 1 aromatic heterocycles. The quantitative estimate of drug-likeness (QED) is 0.711. The summed E-state index contributed by atoms with van der Waals surface area (Å²) in [6.45, 7) is 3.12. The largest absolute Gasteiger partial charge is 0.321 e. The van der Waals surface area contributed by atoms with Gasteiger partial charge in [-0.25, -0.2) is 10.4 Å². The molecule has 1 N–H and O–H groups in total. The third kappa shape index (κ3) is 4.41. The highest BCUT2D eigenvalue weighted by Crippen LogP contribution is 2.13. The van der Waals surface area contributed by atoms with Crippen LogP contribution in [0.15, 0.2) is 66.0 Å². The van der Waals surface area contributed by atoms with Crippen molar-refractivity contribution in [3.63, 3.8) is 0 Å². The average molecular weight is 361 g/mol. The van der Waals surface area contributed by atoms with Crippen molar-refractivity contribution in [2.75, 3.05) is 13.1 Å². The van der Waals surface area contributed by atoms with Gasteiger partial charge < -0.3 is 4.57 Å². The molecule has 4 rings (SSSR count). The molecule has 27 heavy (non-hydrogen) atoms. The van der Waals surface area contributed by atoms with Gasteiger partial charge in [0, 0.05) is 38.2 Å². The van der Waals surface area contributed by atoms with Crippen molar-refractivity contribution in [3.8, 4) is 0 Å². The average Bonchev–Trinajstić information content (AvgIpc) is 3.11. The van der Waals surface area contributed by atoms with Crippen molar-refractivity contribution < 1.29 is 4.79 Å². The van der Waals surface area contributed by atoms with E-state index in [4.69, 9.17) is 0 Å². The summed E-state index contributed by atoms with van der Waals surface area (Å²) in [6.07, 6.45) is 3.47. The summed E-state index contributed by atoms with van der Waals surface area (Å²) in [6, 6.07) is 18.3. The number of likely N-dealkylation sites (tertiary alicyclic amines) is 1. The Morgan fingerprint density at radius 2 is 1.78 bits per heavy atom. The van der Waals surface area contributed by atoms with Crippen molar-refractivity contribution in [1.29, 1.82) is 0 Å². The van der Waals surface area contributed by atoms with Crippen LogP contribution in [0.3, 0.4) is 0 Å². The molecule has 2 aromatic carbocycles. The Bertz CT molecular complexity index is 937. The lowest BCUT2D eigenvalue weighted by Crippen LogP contribution is -2.34. The molecule has 0 spiro atoms. The molecule has 0 radical (unpaired) electrons. The highest BCUT2D eigenvalue weighted by atomic mass is 16.2. The highest BCUT2D eigenvalue weighted by Gasteiger charge is 2.15. The zero-order valence-corrected chi connectivity index (χ0v) is 15.2. The van der Waals surface area contributed by atoms with Gasteiger partial charge in [0.1, 0.15) is 6.54 Å². The number of imidazole rings is 1. The SMILES string of the molecule is O=C(Cn1cnc2ccccc21)NN=C1CCN(Cc2ccccc2)CC1. The van der Waals surface area contributed by atoms with Crippen LogP contribution in [-0.4, -0.2) is 39.2 Å². The summed E-state index contributed by atoms with van der Waals surface area (Å²) in [5.41, 5.74) is 6.94. The maximum absolute atomic E-state index is 12.2. The molecule has 0 saturated carbocycles. The van der Waals surface area contributed by atoms with E-state index >= 15 is 0 Å². The molecule has 3 aromatic rings. The van der Waals surface area contributed by atoms with E-state index in [2.05, 4.69) is 44.7 Å². The minimum Gasteiger partial charge on any atom is -0.321 e. The Kier molecular flexibility index (Phi) is 5.25. The number of hydrogen-bond acceptors (Lipinski definition) is 4. The van der Waals surface area contributed by atoms with Crippen molar-refractivity contribution in [2.24, 2.45) is 5.10 Å². The predicted molar refractivity (Wildman–Crippen MR) is 106 cm³/mol. The lowest BCUT2D eigenvalue weighted by molar-refractivity contribution is -0.121. The minimum absolute atomic E-state index is 0.127. The van der Waals surface area contributed by atoms with Gasteiger partial charge in [0.25, 0.3) is 5.91 Å². The van der Waals surface area contributed by atoms with Crippen LogP contribution in [0, 0.1) is 0 Å². The van der Waals surface area contributed by atoms with Gasteiger partial charge in [0.15, 0.2) is 0 Å². The minimum atomic E-state index is -0.127. The Morgan fingerprint density at radius 1 is 1.04 bits per heavy atom. The molecular weight excluding hydrogens is 338 g/mol. The number of carbonyl (C=O) groups excluding carboxylic acids is 1. The highest BCUT2D eigenvalue weighted by molar-refractivity contribution is 5.87. The molecule has 2 heterocycles. The predicted octanol–water partition coefficient (Wildman–Crippen LogP) is 2.80. The molecular formula is C21H23N5O. The van der Waals surface area contributed by atoms with Crippen LogP contribution in [0.5, 0.6) is 0 Å². The number of para-hydroxylation sites is 2. The second-order valence-electron chi connectivity index (χ2n) is 6.84. The van der Waals surface area contributed by atoms with Crippen molar-refractivity contribution >= 4 is 22.7 Å². The number of nitrogens with one attached hydrogen (secondary N) is 1. The molecule has 6 heteroatoms. The van der Waals surface area contributed by atoms with E-state index in [-0.39, 0.29) is 12.5 Å². The van der Waals surface area contributed by atoms with Gasteiger partial charge in [-0.15, -0.1) is 0 Å². The van der Waals surface area contributed by atoms with Gasteiger partial charge in [0.2, 0.25) is 0 Å². The Balaban J connectivity index is 1.27. The Hall–Kier alpha value is -2.99. The lowest BCUT2D eigenvalue weighted by atomic mass is 10.1. The van der Waals surface area contributed by atoms with E-state index in [0.29, 0.717) is 0 Å². The zero-order chi connectivity index (χ0) is 18.5. The van der Waals surface area contributed by atoms with Crippen LogP contribution in [0.25, 0.3) is 11.0 Å². The number of hydrogen-bond donors (Lipinski definition) is 1. The molecule has 1 aliphatic rings. The number of piperidine rings is 1. The number of amides is 1. The van der Waals surface area contributed by atoms with Crippen molar-refractivity contribution in [2.45, 2.75) is 25.9 Å². The molecule has 1 aliphatic heterocycles. The normalized spacial score (nSPS) is 15.0. The summed E-state index contributed by atoms with van der Waals surface area (Å²) in [7, 11) is 0. The van der Waals surface area contributed by atoms with Crippen LogP contribution >= 0.6 is 0 Å². The standard InChI is InChI=1S/C21H23N5O/c27-21(15-26-16-22-19-8-4-5-9-20(19)26)24-23-18-10-12-25(13-11-18)14-17-6-2-1-3-7-17/h1-9,16H,10-15H2,(H,24,27). The number of rotatable bonds is 5. The van der Waals surface area contributed by atoms with Gasteiger partial charge >= 0.3 is 0 Å². The summed E-state index contributed by atoms with van der Waals surface area (Å²) in [5.74, 6) is -0.127. The van der Waals surface area contributed by atoms with Crippen LogP contribution in [0.2, 0.25) is 0 Å². The fourth-order valence-electron chi connectivity index (χ4n) is 3.39. The third-order valence-electron chi connectivity index (χ3n) is 4.86. The van der Waals surface area contributed by atoms with Gasteiger partial charge in [-0.3, -0.25) is 9.69 Å². The Labute approximate surface area is 158 Å². The first-order valence-corrected chi connectivity index (χ1v) is 9.28. The van der Waals surface area contributed by atoms with E-state index in [1.54, 1.807) is 6.33 Å². The van der Waals surface area contributed by atoms with Gasteiger partial charge in [-0.05, 0) is 17.7 Å². The second-order valence-corrected chi connectivity index (χ2v) is 6.84. The maximum Gasteiger partial charge on any atom is 0.260 e. The molecule has 0 unspecified atom stereocenters. The van der Waals surface area contributed by atoms with Crippen molar-refractivity contribution in [1.82, 2.24) is 19.9 Å². The summed E-state index contributed by atoms with van der Waals surface area (Å²) in [4.78, 5) is 19.0. The van der Waals surface area contributed by atoms with Crippen LogP contribution < -0.4 is 5.43 Å². The Morgan fingerprint density at radius 3 is 2.59 bits per heavy atom. The number of carbonyl (C=O) groups is 1. The molecule has 138 valence electrons. The number of nitrogens with zero attached hydrogens (tertiary/aromatic N) is 4. The first-order valence-electron chi connectivity index (χ1n) is 9.28. The zero-order valence-electron chi connectivity index (χ0n) is 15.2. The first kappa shape index (κ1) is 17.4. The second kappa shape index (κ2) is 8.14. The van der Waals surface area contributed by atoms with Crippen LogP contribution in [-0.2, 0) is 17.9 Å². The van der Waals surface area contributed by atoms with Gasteiger partial charge in [-0.1, -0.05) is 42.5 Å². The molecule has 1 fully saturated rings. The monoisotopic (exact) mass is 361 g/mol. The third-order valence-corrected chi connectivity index (χ3v) is 4.86. The number of aromatic nitrogens is 2. The maximum atomic E-state index is 12.2. The molecule has 6 nitrogen and oxygen atoms in total. The molecule has 0 atom stereocenters. The van der Waals surface area contributed by atoms with Crippen LogP contribution in [0.4, 0.5) is 0 Å². The van der Waals surface area contributed by atoms with Gasteiger partial charge in [-0.2, -0.15) is 5.10 Å². The summed E-state index contributed by atoms with van der Waals surface area (Å²) >= 11 is 0. The topological polar surface area (TPSA) is 62.5 Å². The fourth-order valence-corrected chi connectivity index (χ4v) is 3.39. The molecule has 1 saturated heterocycles. The van der Waals surface area contributed by atoms with Gasteiger partial charge in [0.05, 0.1) is 17.4 Å². The number of benzene rings is 2. The lowest BCUT2D eigenvalue weighted by Gasteiger charge is -2.27. The van der Waals surface area contributed by atoms with E-state index in [1.165, 1.54) is 5.56 Å². The van der Waals surface area contributed by atoms with E-state index in [9.17, 15) is 4.79 Å². The number of hydrazone groups is 1.